The summed E-state index contributed by atoms with van der Waals surface area (Å²) in [4.78, 5) is 0. The lowest BCUT2D eigenvalue weighted by atomic mass is 9.92. The molecule has 0 atom stereocenters. The first-order chi connectivity index (χ1) is 28.8. The van der Waals surface area contributed by atoms with Crippen LogP contribution in [0, 0.1) is 0 Å². The van der Waals surface area contributed by atoms with Crippen molar-refractivity contribution in [3.8, 4) is 22.3 Å². The summed E-state index contributed by atoms with van der Waals surface area (Å²) >= 11 is 0. The molecule has 0 aliphatic rings. The third-order valence-corrected chi connectivity index (χ3v) is 20.2. The van der Waals surface area contributed by atoms with Crippen LogP contribution in [0.4, 0.5) is 0 Å². The van der Waals surface area contributed by atoms with E-state index in [4.69, 9.17) is 0 Å². The van der Waals surface area contributed by atoms with Crippen molar-refractivity contribution in [1.29, 1.82) is 0 Å². The van der Waals surface area contributed by atoms with Crippen molar-refractivity contribution >= 4 is 46.4 Å². The molecule has 2 heteroatoms. The van der Waals surface area contributed by atoms with Crippen LogP contribution in [0.1, 0.15) is 11.1 Å². The Kier molecular flexibility index (Phi) is 11.1. The Balaban J connectivity index is 1.36. The average molecular weight is 781 g/mol. The third kappa shape index (κ3) is 7.27. The molecule has 0 N–H and O–H groups in total. The lowest BCUT2D eigenvalue weighted by Gasteiger charge is -2.31. The molecule has 0 fully saturated rings. The van der Waals surface area contributed by atoms with Crippen molar-refractivity contribution < 1.29 is 0 Å². The maximum atomic E-state index is 2.58. The van der Waals surface area contributed by atoms with Crippen molar-refractivity contribution in [3.63, 3.8) is 0 Å². The van der Waals surface area contributed by atoms with Gasteiger partial charge in [0.2, 0.25) is 0 Å². The maximum Gasteiger partial charge on any atom is 0.116 e. The summed E-state index contributed by atoms with van der Waals surface area (Å²) in [6, 6.07) is 95.2. The topological polar surface area (TPSA) is 0 Å². The molecule has 0 unspecified atom stereocenters. The molecule has 58 heavy (non-hydrogen) atoms. The summed E-state index contributed by atoms with van der Waals surface area (Å²) in [5.41, 5.74) is 7.82. The molecule has 0 saturated heterocycles. The molecular weight excluding hydrogens is 735 g/mol. The second-order valence-electron chi connectivity index (χ2n) is 14.8. The SMILES string of the molecule is c1ccc(-c2cc(C[P+](c3ccccc3)(c3ccccc3)c3ccccc3)c(-c3ccccc3)cc2C[P+](c2ccccc2)(c2ccccc2)c2ccccc2)cc1. The van der Waals surface area contributed by atoms with E-state index in [1.54, 1.807) is 0 Å². The van der Waals surface area contributed by atoms with Gasteiger partial charge in [-0.05, 0) is 118 Å². The van der Waals surface area contributed by atoms with Crippen LogP contribution in [0.5, 0.6) is 0 Å². The van der Waals surface area contributed by atoms with Crippen LogP contribution in [0.25, 0.3) is 22.3 Å². The van der Waals surface area contributed by atoms with Crippen molar-refractivity contribution in [3.05, 3.63) is 266 Å². The molecule has 278 valence electrons. The highest BCUT2D eigenvalue weighted by Crippen LogP contribution is 2.61. The fraction of sp³-hybridized carbons (Fsp3) is 0.0357. The molecule has 0 spiro atoms. The van der Waals surface area contributed by atoms with Crippen LogP contribution in [0.2, 0.25) is 0 Å². The molecule has 0 radical (unpaired) electrons. The molecule has 0 nitrogen and oxygen atoms in total. The van der Waals surface area contributed by atoms with Crippen LogP contribution < -0.4 is 31.8 Å². The molecule has 0 amide bonds. The van der Waals surface area contributed by atoms with Gasteiger partial charge in [0.05, 0.1) is 12.3 Å². The molecular formula is C56H46P2+2. The Hall–Kier alpha value is -6.16. The Morgan fingerprint density at radius 1 is 0.224 bits per heavy atom. The predicted octanol–water partition coefficient (Wildman–Crippen LogP) is 12.0. The highest BCUT2D eigenvalue weighted by Gasteiger charge is 2.48. The molecule has 0 bridgehead atoms. The first-order valence-electron chi connectivity index (χ1n) is 20.1. The maximum absolute atomic E-state index is 2.58. The van der Waals surface area contributed by atoms with Gasteiger partial charge >= 0.3 is 0 Å². The standard InChI is InChI=1S/C56H46P2/c1-9-25-45(26-10-1)55-41-48(44-58(52-35-19-6-20-36-52,53-37-21-7-22-38-53)54-39-23-8-24-40-54)56(46-27-11-2-12-28-46)42-47(55)43-57(49-29-13-3-14-30-49,50-31-15-4-16-32-50)51-33-17-5-18-34-51/h1-42H,43-44H2/q+2. The van der Waals surface area contributed by atoms with Crippen LogP contribution in [-0.4, -0.2) is 0 Å². The van der Waals surface area contributed by atoms with Gasteiger partial charge in [-0.3, -0.25) is 0 Å². The highest BCUT2D eigenvalue weighted by atomic mass is 31.2. The molecule has 9 rings (SSSR count). The predicted molar refractivity (Wildman–Crippen MR) is 255 cm³/mol. The van der Waals surface area contributed by atoms with E-state index in [0.29, 0.717) is 0 Å². The summed E-state index contributed by atoms with van der Waals surface area (Å²) in [7, 11) is -4.45. The fourth-order valence-electron chi connectivity index (χ4n) is 8.77. The van der Waals surface area contributed by atoms with Gasteiger partial charge in [0.15, 0.2) is 0 Å². The highest BCUT2D eigenvalue weighted by molar-refractivity contribution is 7.95. The summed E-state index contributed by atoms with van der Waals surface area (Å²) in [6.45, 7) is 0. The zero-order valence-corrected chi connectivity index (χ0v) is 34.3. The Labute approximate surface area is 345 Å². The Morgan fingerprint density at radius 3 is 0.621 bits per heavy atom. The monoisotopic (exact) mass is 780 g/mol. The lowest BCUT2D eigenvalue weighted by Crippen LogP contribution is -2.33. The second kappa shape index (κ2) is 17.1. The van der Waals surface area contributed by atoms with Crippen LogP contribution in [0.3, 0.4) is 0 Å². The normalized spacial score (nSPS) is 11.6. The van der Waals surface area contributed by atoms with E-state index in [2.05, 4.69) is 255 Å². The number of rotatable bonds is 12. The Bertz CT molecular complexity index is 2280. The van der Waals surface area contributed by atoms with Crippen molar-refractivity contribution in [2.24, 2.45) is 0 Å². The average Bonchev–Trinajstić information content (AvgIpc) is 3.32. The summed E-state index contributed by atoms with van der Waals surface area (Å²) < 4.78 is 0. The largest absolute Gasteiger partial charge is 0.116 e. The molecule has 0 aliphatic heterocycles. The van der Waals surface area contributed by atoms with Gasteiger partial charge in [0.1, 0.15) is 46.4 Å². The van der Waals surface area contributed by atoms with E-state index in [0.717, 1.165) is 12.3 Å². The van der Waals surface area contributed by atoms with Gasteiger partial charge in [-0.2, -0.15) is 0 Å². The number of benzene rings is 9. The van der Waals surface area contributed by atoms with Gasteiger partial charge in [-0.15, -0.1) is 0 Å². The van der Waals surface area contributed by atoms with E-state index in [9.17, 15) is 0 Å². The quantitative estimate of drug-likeness (QED) is 0.108. The molecule has 0 saturated carbocycles. The third-order valence-electron chi connectivity index (χ3n) is 11.5. The van der Waals surface area contributed by atoms with E-state index in [1.165, 1.54) is 65.2 Å². The molecule has 0 aliphatic carbocycles. The van der Waals surface area contributed by atoms with E-state index in [1.807, 2.05) is 0 Å². The minimum atomic E-state index is -2.23. The number of hydrogen-bond acceptors (Lipinski definition) is 0. The fourth-order valence-corrected chi connectivity index (χ4v) is 17.3. The molecule has 0 heterocycles. The molecule has 9 aromatic rings. The van der Waals surface area contributed by atoms with Crippen molar-refractivity contribution in [2.75, 3.05) is 0 Å². The lowest BCUT2D eigenvalue weighted by molar-refractivity contribution is 1.32. The van der Waals surface area contributed by atoms with Crippen LogP contribution in [0.15, 0.2) is 255 Å². The smallest absolute Gasteiger partial charge is 0.0622 e. The van der Waals surface area contributed by atoms with Gasteiger partial charge < -0.3 is 0 Å². The minimum absolute atomic E-state index is 0.881. The van der Waals surface area contributed by atoms with Crippen LogP contribution >= 0.6 is 14.5 Å². The van der Waals surface area contributed by atoms with Crippen molar-refractivity contribution in [1.82, 2.24) is 0 Å². The van der Waals surface area contributed by atoms with E-state index >= 15 is 0 Å². The zero-order chi connectivity index (χ0) is 39.0. The molecule has 0 aromatic heterocycles. The summed E-state index contributed by atoms with van der Waals surface area (Å²) in [5, 5.41) is 8.33. The first-order valence-corrected chi connectivity index (χ1v) is 24.1. The van der Waals surface area contributed by atoms with Crippen molar-refractivity contribution in [2.45, 2.75) is 12.3 Å². The van der Waals surface area contributed by atoms with Gasteiger partial charge in [-0.25, -0.2) is 0 Å². The minimum Gasteiger partial charge on any atom is -0.0622 e. The summed E-state index contributed by atoms with van der Waals surface area (Å²) in [6.07, 6.45) is 1.76. The van der Waals surface area contributed by atoms with Gasteiger partial charge in [-0.1, -0.05) is 170 Å². The van der Waals surface area contributed by atoms with Gasteiger partial charge in [0, 0.05) is 0 Å². The number of hydrogen-bond donors (Lipinski definition) is 0. The zero-order valence-electron chi connectivity index (χ0n) is 32.6. The van der Waals surface area contributed by atoms with E-state index < -0.39 is 14.5 Å². The van der Waals surface area contributed by atoms with E-state index in [-0.39, 0.29) is 0 Å². The Morgan fingerprint density at radius 2 is 0.414 bits per heavy atom. The second-order valence-corrected chi connectivity index (χ2v) is 21.8. The van der Waals surface area contributed by atoms with Crippen LogP contribution in [-0.2, 0) is 12.3 Å². The van der Waals surface area contributed by atoms with Gasteiger partial charge in [0.25, 0.3) is 0 Å². The first kappa shape index (κ1) is 37.4. The molecule has 9 aromatic carbocycles. The summed E-state index contributed by atoms with van der Waals surface area (Å²) in [5.74, 6) is 0.